The van der Waals surface area contributed by atoms with E-state index in [1.54, 1.807) is 5.51 Å². The van der Waals surface area contributed by atoms with Gasteiger partial charge < -0.3 is 4.74 Å². The van der Waals surface area contributed by atoms with Gasteiger partial charge in [0.1, 0.15) is 15.9 Å². The van der Waals surface area contributed by atoms with Crippen molar-refractivity contribution < 1.29 is 4.74 Å². The molecule has 4 nitrogen and oxygen atoms in total. The van der Waals surface area contributed by atoms with E-state index < -0.39 is 5.41 Å². The molecule has 0 radical (unpaired) electrons. The second kappa shape index (κ2) is 3.40. The summed E-state index contributed by atoms with van der Waals surface area (Å²) in [6, 6.07) is 2.30. The second-order valence-corrected chi connectivity index (χ2v) is 3.93. The number of hydrogen-bond acceptors (Lipinski definition) is 5. The molecule has 0 amide bonds. The molecule has 1 aliphatic rings. The van der Waals surface area contributed by atoms with Crippen LogP contribution < -0.4 is 0 Å². The van der Waals surface area contributed by atoms with Crippen molar-refractivity contribution in [3.05, 3.63) is 10.5 Å². The Morgan fingerprint density at radius 2 is 2.62 bits per heavy atom. The van der Waals surface area contributed by atoms with Crippen molar-refractivity contribution in [2.75, 3.05) is 13.2 Å². The summed E-state index contributed by atoms with van der Waals surface area (Å²) in [5.74, 6) is 0. The third-order valence-corrected chi connectivity index (χ3v) is 3.12. The van der Waals surface area contributed by atoms with E-state index in [-0.39, 0.29) is 0 Å². The van der Waals surface area contributed by atoms with E-state index in [0.717, 1.165) is 24.5 Å². The van der Waals surface area contributed by atoms with Crippen molar-refractivity contribution in [1.82, 2.24) is 10.2 Å². The lowest BCUT2D eigenvalue weighted by Gasteiger charge is -2.27. The monoisotopic (exact) mass is 195 g/mol. The Morgan fingerprint density at radius 3 is 3.15 bits per heavy atom. The molecule has 1 aromatic rings. The van der Waals surface area contributed by atoms with Crippen LogP contribution in [-0.2, 0) is 10.2 Å². The lowest BCUT2D eigenvalue weighted by molar-refractivity contribution is 0.0560. The lowest BCUT2D eigenvalue weighted by Crippen LogP contribution is -2.34. The third-order valence-electron chi connectivity index (χ3n) is 2.22. The van der Waals surface area contributed by atoms with Crippen LogP contribution >= 0.6 is 11.3 Å². The zero-order valence-corrected chi connectivity index (χ0v) is 7.88. The van der Waals surface area contributed by atoms with Gasteiger partial charge in [0, 0.05) is 6.61 Å². The minimum absolute atomic E-state index is 0.457. The van der Waals surface area contributed by atoms with Crippen LogP contribution in [0.3, 0.4) is 0 Å². The number of rotatable bonds is 1. The number of hydrogen-bond donors (Lipinski definition) is 0. The van der Waals surface area contributed by atoms with Crippen molar-refractivity contribution in [2.45, 2.75) is 18.3 Å². The van der Waals surface area contributed by atoms with Gasteiger partial charge in [0.25, 0.3) is 0 Å². The first-order valence-corrected chi connectivity index (χ1v) is 5.01. The normalized spacial score (nSPS) is 28.2. The molecular formula is C8H9N3OS. The molecule has 1 fully saturated rings. The van der Waals surface area contributed by atoms with Crippen molar-refractivity contribution in [2.24, 2.45) is 0 Å². The highest BCUT2D eigenvalue weighted by atomic mass is 32.1. The SMILES string of the molecule is N#CC1(c2nncs2)CCCOC1. The molecule has 5 heteroatoms. The highest BCUT2D eigenvalue weighted by Gasteiger charge is 2.37. The number of aromatic nitrogens is 2. The van der Waals surface area contributed by atoms with Crippen LogP contribution in [0.5, 0.6) is 0 Å². The highest BCUT2D eigenvalue weighted by molar-refractivity contribution is 7.09. The summed E-state index contributed by atoms with van der Waals surface area (Å²) in [5, 5.41) is 17.6. The molecule has 13 heavy (non-hydrogen) atoms. The van der Waals surface area contributed by atoms with Crippen molar-refractivity contribution in [3.8, 4) is 6.07 Å². The van der Waals surface area contributed by atoms with Gasteiger partial charge in [0.2, 0.25) is 0 Å². The van der Waals surface area contributed by atoms with Crippen LogP contribution in [0.4, 0.5) is 0 Å². The molecule has 0 aliphatic carbocycles. The molecule has 1 saturated heterocycles. The smallest absolute Gasteiger partial charge is 0.139 e. The molecular weight excluding hydrogens is 186 g/mol. The summed E-state index contributed by atoms with van der Waals surface area (Å²) >= 11 is 1.43. The van der Waals surface area contributed by atoms with Crippen LogP contribution in [-0.4, -0.2) is 23.4 Å². The van der Waals surface area contributed by atoms with E-state index in [4.69, 9.17) is 10.00 Å². The summed E-state index contributed by atoms with van der Waals surface area (Å²) in [7, 11) is 0. The van der Waals surface area contributed by atoms with E-state index in [0.29, 0.717) is 6.61 Å². The van der Waals surface area contributed by atoms with E-state index in [1.165, 1.54) is 11.3 Å². The van der Waals surface area contributed by atoms with Gasteiger partial charge in [-0.05, 0) is 12.8 Å². The van der Waals surface area contributed by atoms with Gasteiger partial charge >= 0.3 is 0 Å². The summed E-state index contributed by atoms with van der Waals surface area (Å²) in [5.41, 5.74) is 1.13. The van der Waals surface area contributed by atoms with Crippen LogP contribution in [0.25, 0.3) is 0 Å². The fourth-order valence-electron chi connectivity index (χ4n) is 1.48. The Labute approximate surface area is 80.2 Å². The summed E-state index contributed by atoms with van der Waals surface area (Å²) in [6.07, 6.45) is 1.76. The van der Waals surface area contributed by atoms with Crippen molar-refractivity contribution in [3.63, 3.8) is 0 Å². The molecule has 0 aromatic carbocycles. The largest absolute Gasteiger partial charge is 0.379 e. The predicted octanol–water partition coefficient (Wildman–Crippen LogP) is 1.11. The van der Waals surface area contributed by atoms with E-state index in [2.05, 4.69) is 16.3 Å². The van der Waals surface area contributed by atoms with Crippen LogP contribution in [0.1, 0.15) is 17.8 Å². The molecule has 0 bridgehead atoms. The first kappa shape index (κ1) is 8.60. The first-order chi connectivity index (χ1) is 6.37. The van der Waals surface area contributed by atoms with Crippen molar-refractivity contribution >= 4 is 11.3 Å². The Kier molecular flexibility index (Phi) is 2.25. The molecule has 1 aliphatic heterocycles. The summed E-state index contributed by atoms with van der Waals surface area (Å²) in [6.45, 7) is 1.21. The van der Waals surface area contributed by atoms with Crippen molar-refractivity contribution in [1.29, 1.82) is 5.26 Å². The fourth-order valence-corrected chi connectivity index (χ4v) is 2.20. The summed E-state index contributed by atoms with van der Waals surface area (Å²) < 4.78 is 5.32. The van der Waals surface area contributed by atoms with Gasteiger partial charge in [-0.3, -0.25) is 0 Å². The number of nitrogens with zero attached hydrogens (tertiary/aromatic N) is 3. The maximum Gasteiger partial charge on any atom is 0.139 e. The molecule has 0 N–H and O–H groups in total. The summed E-state index contributed by atoms with van der Waals surface area (Å²) in [4.78, 5) is 0. The maximum atomic E-state index is 9.12. The zero-order valence-electron chi connectivity index (χ0n) is 7.06. The number of ether oxygens (including phenoxy) is 1. The molecule has 68 valence electrons. The highest BCUT2D eigenvalue weighted by Crippen LogP contribution is 2.32. The molecule has 0 spiro atoms. The topological polar surface area (TPSA) is 58.8 Å². The third kappa shape index (κ3) is 1.43. The second-order valence-electron chi connectivity index (χ2n) is 3.09. The van der Waals surface area contributed by atoms with Gasteiger partial charge in [-0.2, -0.15) is 5.26 Å². The Bertz CT molecular complexity index is 311. The fraction of sp³-hybridized carbons (Fsp3) is 0.625. The molecule has 2 rings (SSSR count). The van der Waals surface area contributed by atoms with Gasteiger partial charge in [0.15, 0.2) is 0 Å². The molecule has 0 saturated carbocycles. The van der Waals surface area contributed by atoms with E-state index >= 15 is 0 Å². The molecule has 1 aromatic heterocycles. The number of nitriles is 1. The zero-order chi connectivity index (χ0) is 9.15. The van der Waals surface area contributed by atoms with Crippen LogP contribution in [0.2, 0.25) is 0 Å². The quantitative estimate of drug-likeness (QED) is 0.673. The minimum Gasteiger partial charge on any atom is -0.379 e. The predicted molar refractivity (Wildman–Crippen MR) is 47.3 cm³/mol. The molecule has 2 heterocycles. The van der Waals surface area contributed by atoms with E-state index in [9.17, 15) is 0 Å². The Hall–Kier alpha value is -0.990. The van der Waals surface area contributed by atoms with Crippen LogP contribution in [0.15, 0.2) is 5.51 Å². The standard InChI is InChI=1S/C8H9N3OS/c9-4-8(2-1-3-12-5-8)7-11-10-6-13-7/h6H,1-3,5H2. The van der Waals surface area contributed by atoms with Gasteiger partial charge in [0.05, 0.1) is 12.7 Å². The van der Waals surface area contributed by atoms with Gasteiger partial charge in [-0.15, -0.1) is 21.5 Å². The average molecular weight is 195 g/mol. The maximum absolute atomic E-state index is 9.12. The molecule has 1 unspecified atom stereocenters. The Balaban J connectivity index is 2.30. The minimum atomic E-state index is -0.528. The molecule has 1 atom stereocenters. The Morgan fingerprint density at radius 1 is 1.69 bits per heavy atom. The lowest BCUT2D eigenvalue weighted by atomic mass is 9.85. The van der Waals surface area contributed by atoms with E-state index in [1.807, 2.05) is 0 Å². The van der Waals surface area contributed by atoms with Gasteiger partial charge in [-0.1, -0.05) is 0 Å². The van der Waals surface area contributed by atoms with Gasteiger partial charge in [-0.25, -0.2) is 0 Å². The first-order valence-electron chi connectivity index (χ1n) is 4.13. The van der Waals surface area contributed by atoms with Crippen LogP contribution in [0, 0.1) is 11.3 Å². The average Bonchev–Trinajstić information content (AvgIpc) is 2.72.